The van der Waals surface area contributed by atoms with Crippen LogP contribution in [0.4, 0.5) is 4.39 Å². The van der Waals surface area contributed by atoms with Gasteiger partial charge >= 0.3 is 0 Å². The van der Waals surface area contributed by atoms with Crippen LogP contribution in [0.3, 0.4) is 0 Å². The molecule has 4 aliphatic rings. The molecule has 12 heteroatoms. The number of nitrogens with zero attached hydrogens (tertiary/aromatic N) is 2. The van der Waals surface area contributed by atoms with Crippen molar-refractivity contribution in [3.8, 4) is 17.2 Å². The number of hydrogen-bond acceptors (Lipinski definition) is 10. The summed E-state index contributed by atoms with van der Waals surface area (Å²) in [5.74, 6) is -0.308. The Bertz CT molecular complexity index is 2150. The number of carbonyl (C=O) groups excluding carboxylic acids is 1. The van der Waals surface area contributed by atoms with Crippen molar-refractivity contribution in [2.75, 3.05) is 32.7 Å². The second kappa shape index (κ2) is 27.6. The summed E-state index contributed by atoms with van der Waals surface area (Å²) in [5.41, 5.74) is 3.46. The van der Waals surface area contributed by atoms with Crippen molar-refractivity contribution >= 4 is 23.4 Å². The molecule has 1 amide bonds. The summed E-state index contributed by atoms with van der Waals surface area (Å²) in [4.78, 5) is 24.7. The van der Waals surface area contributed by atoms with E-state index in [-0.39, 0.29) is 62.3 Å². The first-order chi connectivity index (χ1) is 34.3. The molecule has 0 bridgehead atoms. The van der Waals surface area contributed by atoms with Gasteiger partial charge in [0.15, 0.2) is 0 Å². The van der Waals surface area contributed by atoms with Gasteiger partial charge in [0.1, 0.15) is 29.1 Å². The second-order valence-electron chi connectivity index (χ2n) is 19.7. The molecule has 0 radical (unpaired) electrons. The first-order valence-electron chi connectivity index (χ1n) is 26.5. The molecule has 2 aliphatic heterocycles. The molecule has 1 saturated heterocycles. The van der Waals surface area contributed by atoms with Crippen molar-refractivity contribution in [3.63, 3.8) is 0 Å². The molecule has 1 saturated carbocycles. The molecule has 3 aromatic rings. The normalized spacial score (nSPS) is 24.2. The van der Waals surface area contributed by atoms with Gasteiger partial charge in [0.25, 0.3) is 0 Å². The molecule has 7 atom stereocenters. The Morgan fingerprint density at radius 1 is 0.900 bits per heavy atom. The highest BCUT2D eigenvalue weighted by Crippen LogP contribution is 2.62. The summed E-state index contributed by atoms with van der Waals surface area (Å²) in [7, 11) is 0. The number of hydrogen-bond donors (Lipinski definition) is 2. The molecule has 382 valence electrons. The largest absolute Gasteiger partial charge is 0.459 e. The number of carbonyl (C=O) groups is 1. The summed E-state index contributed by atoms with van der Waals surface area (Å²) in [5, 5.41) is 25.2. The number of ether oxygens (including phenoxy) is 4. The van der Waals surface area contributed by atoms with Crippen LogP contribution in [0.25, 0.3) is 0 Å². The second-order valence-corrected chi connectivity index (χ2v) is 20.6. The zero-order valence-electron chi connectivity index (χ0n) is 41.9. The molecule has 0 spiro atoms. The summed E-state index contributed by atoms with van der Waals surface area (Å²) in [6.07, 6.45) is 23.7. The van der Waals surface area contributed by atoms with Gasteiger partial charge in [0.2, 0.25) is 18.0 Å². The molecule has 3 aromatic carbocycles. The Morgan fingerprint density at radius 3 is 2.30 bits per heavy atom. The number of thioether (sulfide) groups is 1. The summed E-state index contributed by atoms with van der Waals surface area (Å²) in [6, 6.07) is 19.8. The van der Waals surface area contributed by atoms with Crippen LogP contribution in [0.2, 0.25) is 0 Å². The van der Waals surface area contributed by atoms with E-state index in [4.69, 9.17) is 28.9 Å². The van der Waals surface area contributed by atoms with E-state index in [0.29, 0.717) is 37.4 Å². The maximum absolute atomic E-state index is 15.3. The average Bonchev–Trinajstić information content (AvgIpc) is 3.38. The van der Waals surface area contributed by atoms with E-state index in [1.54, 1.807) is 30.0 Å². The Labute approximate surface area is 421 Å². The van der Waals surface area contributed by atoms with Crippen LogP contribution in [0, 0.1) is 23.6 Å². The SMILES string of the molecule is C=CCOC12Oc3ccc(Oc4ccc(SC)cc4)cc3C3C(CCCCO)C(CCCCO)C=C(C(=NOC4CCCCO4)CC1N(Cc1ccc(F)cc1)C(=O)CCCCCCCCCCC)C32. The summed E-state index contributed by atoms with van der Waals surface area (Å²) >= 11 is 1.68. The van der Waals surface area contributed by atoms with Gasteiger partial charge in [-0.25, -0.2) is 4.39 Å². The number of unbranched alkanes of at least 4 members (excludes halogenated alkanes) is 10. The Hall–Kier alpha value is -4.20. The molecule has 0 aromatic heterocycles. The number of oxime groups is 1. The Kier molecular flexibility index (Phi) is 21.1. The van der Waals surface area contributed by atoms with Crippen LogP contribution in [0.1, 0.15) is 152 Å². The zero-order valence-corrected chi connectivity index (χ0v) is 42.7. The minimum Gasteiger partial charge on any atom is -0.459 e. The first-order valence-corrected chi connectivity index (χ1v) is 27.8. The Balaban J connectivity index is 1.37. The first kappa shape index (κ1) is 53.6. The number of benzene rings is 3. The number of allylic oxidation sites excluding steroid dienone is 1. The summed E-state index contributed by atoms with van der Waals surface area (Å²) < 4.78 is 42.0. The van der Waals surface area contributed by atoms with E-state index < -0.39 is 24.0 Å². The fraction of sp³-hybridized carbons (Fsp3) is 0.586. The number of amides is 1. The van der Waals surface area contributed by atoms with Gasteiger partial charge in [-0.2, -0.15) is 0 Å². The standard InChI is InChI=1S/C58H79FN2O8S/c1-4-6-7-8-9-10-11-12-13-22-54(64)61(41-42-24-26-44(59)27-25-42)53-40-51(60-69-55-23-16-19-37-65-55)49-38-43(20-14-17-34-62)48(21-15-18-35-63)56-50-39-46(67-45-28-31-47(70-3)32-29-45)30-33-52(50)68-58(53,57(49)56)66-36-5-2/h5,24-33,38-39,43,48,53,55-57,62-63H,2,4,6-23,34-37,40-41H2,1,3H3. The molecular formula is C58H79FN2O8S. The van der Waals surface area contributed by atoms with Crippen molar-refractivity contribution in [1.29, 1.82) is 0 Å². The van der Waals surface area contributed by atoms with Crippen molar-refractivity contribution in [2.24, 2.45) is 22.9 Å². The maximum Gasteiger partial charge on any atom is 0.239 e. The maximum atomic E-state index is 15.3. The highest BCUT2D eigenvalue weighted by molar-refractivity contribution is 7.98. The Morgan fingerprint density at radius 2 is 1.61 bits per heavy atom. The number of aliphatic hydroxyl groups excluding tert-OH is 2. The fourth-order valence-corrected chi connectivity index (χ4v) is 11.7. The van der Waals surface area contributed by atoms with Gasteiger partial charge in [0.05, 0.1) is 24.8 Å². The number of fused-ring (bicyclic) bond motifs is 2. The van der Waals surface area contributed by atoms with E-state index in [2.05, 4.69) is 44.0 Å². The quantitative estimate of drug-likeness (QED) is 0.0303. The van der Waals surface area contributed by atoms with E-state index in [9.17, 15) is 14.6 Å². The van der Waals surface area contributed by atoms with Crippen LogP contribution in [-0.4, -0.2) is 77.5 Å². The van der Waals surface area contributed by atoms with Gasteiger partial charge in [-0.3, -0.25) is 4.79 Å². The van der Waals surface area contributed by atoms with Gasteiger partial charge < -0.3 is 38.9 Å². The molecule has 7 unspecified atom stereocenters. The van der Waals surface area contributed by atoms with Crippen LogP contribution in [0.15, 0.2) is 101 Å². The third-order valence-corrected chi connectivity index (χ3v) is 15.6. The number of rotatable bonds is 29. The molecule has 2 fully saturated rings. The number of aliphatic hydroxyl groups is 2. The van der Waals surface area contributed by atoms with E-state index >= 15 is 4.79 Å². The molecule has 7 rings (SSSR count). The van der Waals surface area contributed by atoms with Gasteiger partial charge in [-0.15, -0.1) is 18.3 Å². The highest BCUT2D eigenvalue weighted by atomic mass is 32.2. The van der Waals surface area contributed by atoms with Gasteiger partial charge in [0, 0.05) is 55.4 Å². The molecule has 2 N–H and O–H groups in total. The fourth-order valence-electron chi connectivity index (χ4n) is 11.3. The monoisotopic (exact) mass is 983 g/mol. The minimum absolute atomic E-state index is 0.0264. The predicted octanol–water partition coefficient (Wildman–Crippen LogP) is 13.4. The molecule has 2 aliphatic carbocycles. The molecular weight excluding hydrogens is 904 g/mol. The van der Waals surface area contributed by atoms with Crippen LogP contribution in [-0.2, 0) is 25.7 Å². The highest BCUT2D eigenvalue weighted by Gasteiger charge is 2.65. The van der Waals surface area contributed by atoms with Crippen LogP contribution < -0.4 is 9.47 Å². The lowest BCUT2D eigenvalue weighted by Gasteiger charge is -2.60. The lowest BCUT2D eigenvalue weighted by Crippen LogP contribution is -2.70. The van der Waals surface area contributed by atoms with Gasteiger partial charge in [-0.05, 0) is 129 Å². The van der Waals surface area contributed by atoms with E-state index in [0.717, 1.165) is 104 Å². The van der Waals surface area contributed by atoms with Crippen molar-refractivity contribution < 1.29 is 43.2 Å². The molecule has 2 heterocycles. The average molecular weight is 983 g/mol. The zero-order chi connectivity index (χ0) is 49.1. The van der Waals surface area contributed by atoms with Crippen molar-refractivity contribution in [2.45, 2.75) is 171 Å². The van der Waals surface area contributed by atoms with Crippen molar-refractivity contribution in [1.82, 2.24) is 4.90 Å². The predicted molar refractivity (Wildman–Crippen MR) is 277 cm³/mol. The molecule has 10 nitrogen and oxygen atoms in total. The lowest BCUT2D eigenvalue weighted by molar-refractivity contribution is -0.258. The molecule has 70 heavy (non-hydrogen) atoms. The van der Waals surface area contributed by atoms with Crippen LogP contribution in [0.5, 0.6) is 17.2 Å². The smallest absolute Gasteiger partial charge is 0.239 e. The topological polar surface area (TPSA) is 119 Å². The van der Waals surface area contributed by atoms with Crippen molar-refractivity contribution in [3.05, 3.63) is 108 Å². The van der Waals surface area contributed by atoms with Gasteiger partial charge in [-0.1, -0.05) is 101 Å². The lowest BCUT2D eigenvalue weighted by atomic mass is 9.55. The minimum atomic E-state index is -1.42. The third kappa shape index (κ3) is 13.8. The number of halogens is 1. The van der Waals surface area contributed by atoms with E-state index in [1.807, 2.05) is 29.2 Å². The summed E-state index contributed by atoms with van der Waals surface area (Å²) in [6.45, 7) is 7.51. The third-order valence-electron chi connectivity index (χ3n) is 14.8. The van der Waals surface area contributed by atoms with Crippen LogP contribution >= 0.6 is 11.8 Å². The van der Waals surface area contributed by atoms with E-state index in [1.165, 1.54) is 44.2 Å².